The third-order valence-corrected chi connectivity index (χ3v) is 4.73. The molecule has 124 valence electrons. The molecule has 0 fully saturated rings. The highest BCUT2D eigenvalue weighted by Gasteiger charge is 2.16. The SMILES string of the molecule is CCOc1ccc(NS(=O)(=O)c2cc(Cl)cc(Cl)c2)cc1CO. The summed E-state index contributed by atoms with van der Waals surface area (Å²) < 4.78 is 32.6. The zero-order valence-electron chi connectivity index (χ0n) is 12.2. The van der Waals surface area contributed by atoms with Crippen LogP contribution in [0.2, 0.25) is 10.0 Å². The minimum absolute atomic E-state index is 0.0468. The second kappa shape index (κ2) is 7.40. The molecule has 0 bridgehead atoms. The minimum Gasteiger partial charge on any atom is -0.494 e. The molecule has 2 N–H and O–H groups in total. The van der Waals surface area contributed by atoms with Crippen LogP contribution in [0, 0.1) is 0 Å². The molecule has 0 radical (unpaired) electrons. The molecule has 8 heteroatoms. The molecule has 2 aromatic carbocycles. The second-order valence-corrected chi connectivity index (χ2v) is 7.18. The maximum Gasteiger partial charge on any atom is 0.261 e. The summed E-state index contributed by atoms with van der Waals surface area (Å²) in [5.41, 5.74) is 0.782. The molecule has 0 spiro atoms. The van der Waals surface area contributed by atoms with Gasteiger partial charge in [0.1, 0.15) is 5.75 Å². The lowest BCUT2D eigenvalue weighted by atomic mass is 10.2. The van der Waals surface area contributed by atoms with E-state index in [1.54, 1.807) is 12.1 Å². The van der Waals surface area contributed by atoms with Crippen LogP contribution >= 0.6 is 23.2 Å². The summed E-state index contributed by atoms with van der Waals surface area (Å²) in [7, 11) is -3.85. The van der Waals surface area contributed by atoms with Gasteiger partial charge in [0.25, 0.3) is 10.0 Å². The van der Waals surface area contributed by atoms with E-state index in [0.717, 1.165) is 0 Å². The van der Waals surface area contributed by atoms with Crippen LogP contribution in [0.3, 0.4) is 0 Å². The Balaban J connectivity index is 2.33. The molecule has 0 amide bonds. The summed E-state index contributed by atoms with van der Waals surface area (Å²) in [5, 5.41) is 9.81. The molecule has 0 heterocycles. The zero-order valence-corrected chi connectivity index (χ0v) is 14.5. The van der Waals surface area contributed by atoms with Gasteiger partial charge in [-0.2, -0.15) is 0 Å². The summed E-state index contributed by atoms with van der Waals surface area (Å²) in [6.45, 7) is 1.99. The molecule has 2 rings (SSSR count). The van der Waals surface area contributed by atoms with Gasteiger partial charge in [-0.3, -0.25) is 4.72 Å². The number of rotatable bonds is 6. The van der Waals surface area contributed by atoms with E-state index in [2.05, 4.69) is 4.72 Å². The van der Waals surface area contributed by atoms with E-state index in [-0.39, 0.29) is 21.5 Å². The van der Waals surface area contributed by atoms with Crippen LogP contribution < -0.4 is 9.46 Å². The number of ether oxygens (including phenoxy) is 1. The molecule has 5 nitrogen and oxygen atoms in total. The maximum absolute atomic E-state index is 12.4. The lowest BCUT2D eigenvalue weighted by Gasteiger charge is -2.13. The van der Waals surface area contributed by atoms with Gasteiger partial charge in [0.05, 0.1) is 18.1 Å². The van der Waals surface area contributed by atoms with Crippen molar-refractivity contribution in [2.24, 2.45) is 0 Å². The molecule has 23 heavy (non-hydrogen) atoms. The first-order valence-electron chi connectivity index (χ1n) is 6.71. The Bertz CT molecular complexity index is 789. The van der Waals surface area contributed by atoms with Gasteiger partial charge in [0.15, 0.2) is 0 Å². The molecule has 0 aliphatic rings. The van der Waals surface area contributed by atoms with Gasteiger partial charge in [-0.05, 0) is 43.3 Å². The fourth-order valence-electron chi connectivity index (χ4n) is 1.96. The highest BCUT2D eigenvalue weighted by molar-refractivity contribution is 7.92. The van der Waals surface area contributed by atoms with Gasteiger partial charge >= 0.3 is 0 Å². The number of nitrogens with one attached hydrogen (secondary N) is 1. The quantitative estimate of drug-likeness (QED) is 0.807. The molecule has 0 aliphatic carbocycles. The standard InChI is InChI=1S/C15H15Cl2NO4S/c1-2-22-15-4-3-13(5-10(15)9-19)18-23(20,21)14-7-11(16)6-12(17)8-14/h3-8,18-19H,2,9H2,1H3. The Labute approximate surface area is 144 Å². The summed E-state index contributed by atoms with van der Waals surface area (Å²) in [5.74, 6) is 0.503. The van der Waals surface area contributed by atoms with Crippen LogP contribution in [0.15, 0.2) is 41.3 Å². The third-order valence-electron chi connectivity index (χ3n) is 2.93. The van der Waals surface area contributed by atoms with E-state index in [0.29, 0.717) is 23.6 Å². The van der Waals surface area contributed by atoms with Crippen molar-refractivity contribution in [1.82, 2.24) is 0 Å². The lowest BCUT2D eigenvalue weighted by Crippen LogP contribution is -2.13. The van der Waals surface area contributed by atoms with Crippen LogP contribution in [-0.4, -0.2) is 20.1 Å². The maximum atomic E-state index is 12.4. The summed E-state index contributed by atoms with van der Waals surface area (Å²) >= 11 is 11.7. The first kappa shape index (κ1) is 17.9. The van der Waals surface area contributed by atoms with Gasteiger partial charge in [-0.25, -0.2) is 8.42 Å². The fraction of sp³-hybridized carbons (Fsp3) is 0.200. The Kier molecular flexibility index (Phi) is 5.75. The molecule has 0 aromatic heterocycles. The van der Waals surface area contributed by atoms with Crippen molar-refractivity contribution < 1.29 is 18.3 Å². The predicted octanol–water partition coefficient (Wildman–Crippen LogP) is 3.69. The number of aliphatic hydroxyl groups excluding tert-OH is 1. The Morgan fingerprint density at radius 1 is 1.13 bits per heavy atom. The van der Waals surface area contributed by atoms with Gasteiger partial charge < -0.3 is 9.84 Å². The first-order valence-corrected chi connectivity index (χ1v) is 8.95. The third kappa shape index (κ3) is 4.51. The monoisotopic (exact) mass is 375 g/mol. The Morgan fingerprint density at radius 3 is 2.35 bits per heavy atom. The zero-order chi connectivity index (χ0) is 17.0. The topological polar surface area (TPSA) is 75.6 Å². The van der Waals surface area contributed by atoms with Crippen LogP contribution in [0.5, 0.6) is 5.75 Å². The van der Waals surface area contributed by atoms with Crippen LogP contribution in [0.4, 0.5) is 5.69 Å². The normalized spacial score (nSPS) is 11.3. The Hall–Kier alpha value is -1.47. The first-order chi connectivity index (χ1) is 10.9. The number of sulfonamides is 1. The highest BCUT2D eigenvalue weighted by atomic mass is 35.5. The van der Waals surface area contributed by atoms with Crippen molar-refractivity contribution in [3.8, 4) is 5.75 Å². The number of anilines is 1. The van der Waals surface area contributed by atoms with Crippen molar-refractivity contribution in [2.75, 3.05) is 11.3 Å². The largest absolute Gasteiger partial charge is 0.494 e. The van der Waals surface area contributed by atoms with Crippen molar-refractivity contribution in [3.05, 3.63) is 52.0 Å². The molecule has 0 aliphatic heterocycles. The number of aliphatic hydroxyl groups is 1. The lowest BCUT2D eigenvalue weighted by molar-refractivity contribution is 0.267. The number of hydrogen-bond donors (Lipinski definition) is 2. The van der Waals surface area contributed by atoms with Crippen LogP contribution in [0.25, 0.3) is 0 Å². The molecular formula is C15H15Cl2NO4S. The number of halogens is 2. The average Bonchev–Trinajstić information content (AvgIpc) is 2.47. The summed E-state index contributed by atoms with van der Waals surface area (Å²) in [6.07, 6.45) is 0. The molecule has 0 unspecified atom stereocenters. The summed E-state index contributed by atoms with van der Waals surface area (Å²) in [6, 6.07) is 8.71. The van der Waals surface area contributed by atoms with E-state index >= 15 is 0 Å². The predicted molar refractivity (Wildman–Crippen MR) is 90.8 cm³/mol. The van der Waals surface area contributed by atoms with Gasteiger partial charge in [-0.1, -0.05) is 23.2 Å². The molecule has 0 saturated heterocycles. The molecular weight excluding hydrogens is 361 g/mol. The van der Waals surface area contributed by atoms with E-state index in [1.807, 2.05) is 6.92 Å². The van der Waals surface area contributed by atoms with Crippen molar-refractivity contribution in [1.29, 1.82) is 0 Å². The molecule has 0 saturated carbocycles. The van der Waals surface area contributed by atoms with Crippen molar-refractivity contribution >= 4 is 38.9 Å². The summed E-state index contributed by atoms with van der Waals surface area (Å²) in [4.78, 5) is -0.0468. The number of hydrogen-bond acceptors (Lipinski definition) is 4. The fourth-order valence-corrected chi connectivity index (χ4v) is 3.74. The highest BCUT2D eigenvalue weighted by Crippen LogP contribution is 2.27. The molecule has 2 aromatic rings. The van der Waals surface area contributed by atoms with Crippen molar-refractivity contribution in [2.45, 2.75) is 18.4 Å². The van der Waals surface area contributed by atoms with E-state index < -0.39 is 10.0 Å². The van der Waals surface area contributed by atoms with E-state index in [1.165, 1.54) is 24.3 Å². The second-order valence-electron chi connectivity index (χ2n) is 4.62. The van der Waals surface area contributed by atoms with Gasteiger partial charge in [0, 0.05) is 21.3 Å². The number of benzene rings is 2. The van der Waals surface area contributed by atoms with Crippen LogP contribution in [-0.2, 0) is 16.6 Å². The average molecular weight is 376 g/mol. The Morgan fingerprint density at radius 2 is 1.78 bits per heavy atom. The molecule has 0 atom stereocenters. The minimum atomic E-state index is -3.85. The van der Waals surface area contributed by atoms with Gasteiger partial charge in [-0.15, -0.1) is 0 Å². The van der Waals surface area contributed by atoms with Gasteiger partial charge in [0.2, 0.25) is 0 Å². The van der Waals surface area contributed by atoms with E-state index in [9.17, 15) is 13.5 Å². The van der Waals surface area contributed by atoms with E-state index in [4.69, 9.17) is 27.9 Å². The van der Waals surface area contributed by atoms with Crippen molar-refractivity contribution in [3.63, 3.8) is 0 Å². The van der Waals surface area contributed by atoms with Crippen LogP contribution in [0.1, 0.15) is 12.5 Å². The smallest absolute Gasteiger partial charge is 0.261 e.